The number of carbonyl (C=O) groups is 1. The Morgan fingerprint density at radius 2 is 1.81 bits per heavy atom. The minimum absolute atomic E-state index is 0.0808. The molecule has 0 N–H and O–H groups in total. The molecule has 0 bridgehead atoms. The van der Waals surface area contributed by atoms with E-state index < -0.39 is 6.04 Å². The number of aryl methyl sites for hydroxylation is 1. The first-order valence-corrected chi connectivity index (χ1v) is 11.2. The van der Waals surface area contributed by atoms with Gasteiger partial charge in [0.05, 0.1) is 23.6 Å². The Labute approximate surface area is 193 Å². The van der Waals surface area contributed by atoms with Gasteiger partial charge in [0.25, 0.3) is 5.91 Å². The number of hydrogen-bond acceptors (Lipinski definition) is 4. The molecule has 0 saturated heterocycles. The van der Waals surface area contributed by atoms with Gasteiger partial charge in [-0.05, 0) is 61.9 Å². The van der Waals surface area contributed by atoms with Crippen LogP contribution in [-0.2, 0) is 0 Å². The van der Waals surface area contributed by atoms with Gasteiger partial charge < -0.3 is 9.15 Å². The zero-order valence-corrected chi connectivity index (χ0v) is 19.2. The van der Waals surface area contributed by atoms with Crippen LogP contribution in [0.15, 0.2) is 80.4 Å². The summed E-state index contributed by atoms with van der Waals surface area (Å²) in [5, 5.41) is 0.433. The number of amides is 1. The Kier molecular flexibility index (Phi) is 5.10. The second kappa shape index (κ2) is 7.95. The van der Waals surface area contributed by atoms with Crippen molar-refractivity contribution >= 4 is 38.5 Å². The Morgan fingerprint density at radius 3 is 2.56 bits per heavy atom. The highest BCUT2D eigenvalue weighted by Gasteiger charge is 2.43. The summed E-state index contributed by atoms with van der Waals surface area (Å²) in [5.41, 5.74) is 3.08. The first kappa shape index (κ1) is 20.5. The highest BCUT2D eigenvalue weighted by Crippen LogP contribution is 2.42. The largest absolute Gasteiger partial charge is 0.494 e. The summed E-state index contributed by atoms with van der Waals surface area (Å²) in [7, 11) is 0. The van der Waals surface area contributed by atoms with E-state index in [1.165, 1.54) is 0 Å². The van der Waals surface area contributed by atoms with Crippen molar-refractivity contribution in [3.63, 3.8) is 0 Å². The number of rotatable bonds is 4. The first-order valence-electron chi connectivity index (χ1n) is 10.4. The molecule has 1 amide bonds. The van der Waals surface area contributed by atoms with Crippen molar-refractivity contribution in [1.29, 1.82) is 0 Å². The van der Waals surface area contributed by atoms with Gasteiger partial charge in [0.1, 0.15) is 11.3 Å². The normalized spacial score (nSPS) is 15.3. The molecule has 0 saturated carbocycles. The molecule has 3 aromatic carbocycles. The van der Waals surface area contributed by atoms with Gasteiger partial charge in [0.2, 0.25) is 5.76 Å². The standard InChI is InChI=1S/C26H20BrNO4/c1-3-31-19-6-4-5-16(13-19)23-22-24(29)20-14-17(27)9-12-21(20)32-25(22)26(30)28(23)18-10-7-15(2)8-11-18/h4-14,23H,3H2,1-2H3. The average molecular weight is 490 g/mol. The summed E-state index contributed by atoms with van der Waals surface area (Å²) >= 11 is 3.43. The van der Waals surface area contributed by atoms with Gasteiger partial charge in [-0.3, -0.25) is 14.5 Å². The third kappa shape index (κ3) is 3.31. The van der Waals surface area contributed by atoms with Crippen LogP contribution in [0.3, 0.4) is 0 Å². The van der Waals surface area contributed by atoms with Crippen molar-refractivity contribution in [2.45, 2.75) is 19.9 Å². The summed E-state index contributed by atoms with van der Waals surface area (Å²) in [4.78, 5) is 28.9. The summed E-state index contributed by atoms with van der Waals surface area (Å²) in [6, 6.07) is 19.8. The summed E-state index contributed by atoms with van der Waals surface area (Å²) in [5.74, 6) is 0.428. The van der Waals surface area contributed by atoms with Crippen molar-refractivity contribution in [3.8, 4) is 5.75 Å². The molecule has 6 heteroatoms. The van der Waals surface area contributed by atoms with Gasteiger partial charge >= 0.3 is 0 Å². The van der Waals surface area contributed by atoms with Crippen LogP contribution in [0.1, 0.15) is 40.2 Å². The highest BCUT2D eigenvalue weighted by molar-refractivity contribution is 9.10. The molecule has 1 aromatic heterocycles. The monoisotopic (exact) mass is 489 g/mol. The van der Waals surface area contributed by atoms with Crippen molar-refractivity contribution < 1.29 is 13.9 Å². The quantitative estimate of drug-likeness (QED) is 0.352. The van der Waals surface area contributed by atoms with Gasteiger partial charge in [0.15, 0.2) is 5.43 Å². The summed E-state index contributed by atoms with van der Waals surface area (Å²) in [6.07, 6.45) is 0. The fraction of sp³-hybridized carbons (Fsp3) is 0.154. The molecule has 0 fully saturated rings. The second-order valence-corrected chi connectivity index (χ2v) is 8.65. The fourth-order valence-corrected chi connectivity index (χ4v) is 4.53. The van der Waals surface area contributed by atoms with Gasteiger partial charge in [-0.1, -0.05) is 45.8 Å². The SMILES string of the molecule is CCOc1cccc(C2c3c(oc4ccc(Br)cc4c3=O)C(=O)N2c2ccc(C)cc2)c1. The molecular formula is C26H20BrNO4. The lowest BCUT2D eigenvalue weighted by Gasteiger charge is -2.25. The van der Waals surface area contributed by atoms with Crippen LogP contribution >= 0.6 is 15.9 Å². The molecule has 32 heavy (non-hydrogen) atoms. The van der Waals surface area contributed by atoms with E-state index in [1.54, 1.807) is 23.1 Å². The number of fused-ring (bicyclic) bond motifs is 2. The van der Waals surface area contributed by atoms with Crippen LogP contribution in [-0.4, -0.2) is 12.5 Å². The number of ether oxygens (including phenoxy) is 1. The molecule has 1 unspecified atom stereocenters. The Hall–Kier alpha value is -3.38. The van der Waals surface area contributed by atoms with E-state index >= 15 is 0 Å². The maximum atomic E-state index is 13.7. The molecule has 4 aromatic rings. The number of nitrogens with zero attached hydrogens (tertiary/aromatic N) is 1. The molecule has 160 valence electrons. The Bertz CT molecular complexity index is 1410. The molecule has 1 aliphatic heterocycles. The van der Waals surface area contributed by atoms with E-state index in [4.69, 9.17) is 9.15 Å². The molecule has 0 radical (unpaired) electrons. The molecule has 5 nitrogen and oxygen atoms in total. The molecular weight excluding hydrogens is 470 g/mol. The molecule has 0 spiro atoms. The zero-order chi connectivity index (χ0) is 22.4. The number of halogens is 1. The van der Waals surface area contributed by atoms with Crippen LogP contribution in [0, 0.1) is 6.92 Å². The number of carbonyl (C=O) groups excluding carboxylic acids is 1. The van der Waals surface area contributed by atoms with Crippen molar-refractivity contribution in [2.75, 3.05) is 11.5 Å². The van der Waals surface area contributed by atoms with Crippen LogP contribution < -0.4 is 15.1 Å². The number of anilines is 1. The lowest BCUT2D eigenvalue weighted by Crippen LogP contribution is -2.29. The summed E-state index contributed by atoms with van der Waals surface area (Å²) < 4.78 is 12.5. The fourth-order valence-electron chi connectivity index (χ4n) is 4.17. The van der Waals surface area contributed by atoms with Crippen molar-refractivity contribution in [1.82, 2.24) is 0 Å². The van der Waals surface area contributed by atoms with Gasteiger partial charge in [0, 0.05) is 10.2 Å². The van der Waals surface area contributed by atoms with Crippen LogP contribution in [0.5, 0.6) is 5.75 Å². The Balaban J connectivity index is 1.79. The number of hydrogen-bond donors (Lipinski definition) is 0. The van der Waals surface area contributed by atoms with Crippen LogP contribution in [0.4, 0.5) is 5.69 Å². The van der Waals surface area contributed by atoms with E-state index in [-0.39, 0.29) is 17.1 Å². The minimum Gasteiger partial charge on any atom is -0.494 e. The van der Waals surface area contributed by atoms with Crippen molar-refractivity contribution in [3.05, 3.63) is 104 Å². The molecule has 1 aliphatic rings. The van der Waals surface area contributed by atoms with E-state index in [9.17, 15) is 9.59 Å². The molecule has 0 aliphatic carbocycles. The van der Waals surface area contributed by atoms with Gasteiger partial charge in [-0.2, -0.15) is 0 Å². The van der Waals surface area contributed by atoms with Gasteiger partial charge in [-0.25, -0.2) is 0 Å². The third-order valence-corrected chi connectivity index (χ3v) is 6.12. The summed E-state index contributed by atoms with van der Waals surface area (Å²) in [6.45, 7) is 4.42. The van der Waals surface area contributed by atoms with Crippen LogP contribution in [0.25, 0.3) is 11.0 Å². The number of benzene rings is 3. The third-order valence-electron chi connectivity index (χ3n) is 5.63. The lowest BCUT2D eigenvalue weighted by atomic mass is 9.98. The van der Waals surface area contributed by atoms with E-state index in [2.05, 4.69) is 15.9 Å². The highest BCUT2D eigenvalue weighted by atomic mass is 79.9. The van der Waals surface area contributed by atoms with E-state index in [0.717, 1.165) is 15.6 Å². The topological polar surface area (TPSA) is 59.8 Å². The smallest absolute Gasteiger partial charge is 0.295 e. The first-order chi connectivity index (χ1) is 15.5. The maximum absolute atomic E-state index is 13.7. The van der Waals surface area contributed by atoms with E-state index in [0.29, 0.717) is 34.6 Å². The predicted molar refractivity (Wildman–Crippen MR) is 128 cm³/mol. The zero-order valence-electron chi connectivity index (χ0n) is 17.6. The lowest BCUT2D eigenvalue weighted by molar-refractivity contribution is 0.0971. The Morgan fingerprint density at radius 1 is 1.03 bits per heavy atom. The van der Waals surface area contributed by atoms with Gasteiger partial charge in [-0.15, -0.1) is 0 Å². The molecule has 2 heterocycles. The molecule has 1 atom stereocenters. The van der Waals surface area contributed by atoms with E-state index in [1.807, 2.05) is 62.4 Å². The van der Waals surface area contributed by atoms with Crippen molar-refractivity contribution in [2.24, 2.45) is 0 Å². The average Bonchev–Trinajstić information content (AvgIpc) is 3.08. The predicted octanol–water partition coefficient (Wildman–Crippen LogP) is 6.01. The molecule has 5 rings (SSSR count). The maximum Gasteiger partial charge on any atom is 0.295 e. The second-order valence-electron chi connectivity index (χ2n) is 7.73. The van der Waals surface area contributed by atoms with Crippen LogP contribution in [0.2, 0.25) is 0 Å². The minimum atomic E-state index is -0.625.